The Bertz CT molecular complexity index is 637. The molecule has 0 spiro atoms. The Hall–Kier alpha value is -0.590. The van der Waals surface area contributed by atoms with Crippen LogP contribution in [0, 0.1) is 39.9 Å². The third-order valence-electron chi connectivity index (χ3n) is 9.90. The molecule has 4 rings (SSSR count). The number of hydrogen-bond donors (Lipinski definition) is 0. The molecular formula is C27H44O. The Morgan fingerprint density at radius 3 is 2.54 bits per heavy atom. The molecule has 1 nitrogen and oxygen atoms in total. The molecule has 28 heavy (non-hydrogen) atoms. The van der Waals surface area contributed by atoms with Crippen molar-refractivity contribution >= 4 is 5.78 Å². The van der Waals surface area contributed by atoms with Crippen LogP contribution in [0.5, 0.6) is 0 Å². The summed E-state index contributed by atoms with van der Waals surface area (Å²) >= 11 is 0. The van der Waals surface area contributed by atoms with Crippen molar-refractivity contribution < 1.29 is 4.79 Å². The molecule has 0 bridgehead atoms. The molecule has 0 heterocycles. The van der Waals surface area contributed by atoms with Gasteiger partial charge in [-0.15, -0.1) is 0 Å². The molecule has 3 saturated carbocycles. The van der Waals surface area contributed by atoms with Crippen molar-refractivity contribution in [2.45, 2.75) is 112 Å². The largest absolute Gasteiger partial charge is 0.300 e. The lowest BCUT2D eigenvalue weighted by Crippen LogP contribution is -2.48. The Kier molecular flexibility index (Phi) is 5.37. The number of hydrogen-bond acceptors (Lipinski definition) is 1. The maximum Gasteiger partial charge on any atom is 0.133 e. The zero-order chi connectivity index (χ0) is 20.2. The summed E-state index contributed by atoms with van der Waals surface area (Å²) in [6.07, 6.45) is 17.7. The summed E-state index contributed by atoms with van der Waals surface area (Å²) in [4.78, 5) is 12.1. The number of ketones is 1. The second-order valence-corrected chi connectivity index (χ2v) is 12.6. The quantitative estimate of drug-likeness (QED) is 0.455. The number of carbonyl (C=O) groups is 1. The van der Waals surface area contributed by atoms with Crippen molar-refractivity contribution in [1.29, 1.82) is 0 Å². The van der Waals surface area contributed by atoms with Gasteiger partial charge in [-0.1, -0.05) is 52.7 Å². The van der Waals surface area contributed by atoms with Crippen LogP contribution in [0.25, 0.3) is 0 Å². The van der Waals surface area contributed by atoms with E-state index in [1.807, 2.05) is 0 Å². The first-order valence-corrected chi connectivity index (χ1v) is 12.3. The molecule has 0 amide bonds. The lowest BCUT2D eigenvalue weighted by molar-refractivity contribution is -0.119. The molecule has 0 saturated heterocycles. The van der Waals surface area contributed by atoms with Gasteiger partial charge >= 0.3 is 0 Å². The highest BCUT2D eigenvalue weighted by molar-refractivity contribution is 5.79. The molecule has 0 radical (unpaired) electrons. The number of carbonyl (C=O) groups excluding carboxylic acids is 1. The third kappa shape index (κ3) is 3.54. The minimum absolute atomic E-state index is 0.320. The Morgan fingerprint density at radius 2 is 1.79 bits per heavy atom. The van der Waals surface area contributed by atoms with Crippen LogP contribution in [0.3, 0.4) is 0 Å². The van der Waals surface area contributed by atoms with E-state index in [-0.39, 0.29) is 0 Å². The predicted octanol–water partition coefficient (Wildman–Crippen LogP) is 7.74. The topological polar surface area (TPSA) is 17.1 Å². The first-order valence-electron chi connectivity index (χ1n) is 12.3. The summed E-state index contributed by atoms with van der Waals surface area (Å²) in [6, 6.07) is 0. The molecule has 0 aromatic carbocycles. The molecule has 0 aliphatic heterocycles. The van der Waals surface area contributed by atoms with Crippen molar-refractivity contribution in [1.82, 2.24) is 0 Å². The second-order valence-electron chi connectivity index (χ2n) is 12.6. The fraction of sp³-hybridized carbons (Fsp3) is 0.889. The maximum absolute atomic E-state index is 12.1. The molecule has 6 atom stereocenters. The number of fused-ring (bicyclic) bond motifs is 5. The SMILES string of the molecule is CC(C)(C)CCCC1CCC2C3CC=C4CCC(=O)CCC4(C)C3CCC12C. The van der Waals surface area contributed by atoms with Gasteiger partial charge in [0.2, 0.25) is 0 Å². The molecule has 158 valence electrons. The predicted molar refractivity (Wildman–Crippen MR) is 118 cm³/mol. The Balaban J connectivity index is 1.50. The number of allylic oxidation sites excluding steroid dienone is 2. The van der Waals surface area contributed by atoms with Gasteiger partial charge in [0, 0.05) is 12.8 Å². The highest BCUT2D eigenvalue weighted by Gasteiger charge is 2.57. The highest BCUT2D eigenvalue weighted by atomic mass is 16.1. The van der Waals surface area contributed by atoms with Crippen LogP contribution in [-0.2, 0) is 4.79 Å². The molecule has 6 unspecified atom stereocenters. The zero-order valence-corrected chi connectivity index (χ0v) is 19.3. The van der Waals surface area contributed by atoms with Crippen LogP contribution in [0.2, 0.25) is 0 Å². The van der Waals surface area contributed by atoms with Gasteiger partial charge in [0.1, 0.15) is 5.78 Å². The van der Waals surface area contributed by atoms with Crippen LogP contribution >= 0.6 is 0 Å². The Morgan fingerprint density at radius 1 is 1.00 bits per heavy atom. The normalized spacial score (nSPS) is 43.6. The molecule has 4 aliphatic carbocycles. The maximum atomic E-state index is 12.1. The van der Waals surface area contributed by atoms with Gasteiger partial charge in [0.05, 0.1) is 0 Å². The van der Waals surface area contributed by atoms with Crippen LogP contribution in [0.15, 0.2) is 11.6 Å². The van der Waals surface area contributed by atoms with Gasteiger partial charge in [-0.2, -0.15) is 0 Å². The van der Waals surface area contributed by atoms with Crippen molar-refractivity contribution in [3.8, 4) is 0 Å². The van der Waals surface area contributed by atoms with Gasteiger partial charge in [-0.25, -0.2) is 0 Å². The van der Waals surface area contributed by atoms with Crippen molar-refractivity contribution in [3.63, 3.8) is 0 Å². The third-order valence-corrected chi connectivity index (χ3v) is 9.90. The highest BCUT2D eigenvalue weighted by Crippen LogP contribution is 2.66. The zero-order valence-electron chi connectivity index (χ0n) is 19.3. The van der Waals surface area contributed by atoms with E-state index in [0.29, 0.717) is 22.0 Å². The molecule has 0 N–H and O–H groups in total. The van der Waals surface area contributed by atoms with Crippen molar-refractivity contribution in [2.24, 2.45) is 39.9 Å². The summed E-state index contributed by atoms with van der Waals surface area (Å²) in [5, 5.41) is 0. The van der Waals surface area contributed by atoms with Gasteiger partial charge in [-0.3, -0.25) is 4.79 Å². The average Bonchev–Trinajstić information content (AvgIpc) is 2.86. The second kappa shape index (κ2) is 7.28. The van der Waals surface area contributed by atoms with Crippen molar-refractivity contribution in [2.75, 3.05) is 0 Å². The average molecular weight is 385 g/mol. The van der Waals surface area contributed by atoms with E-state index in [2.05, 4.69) is 40.7 Å². The fourth-order valence-electron chi connectivity index (χ4n) is 8.15. The minimum Gasteiger partial charge on any atom is -0.300 e. The smallest absolute Gasteiger partial charge is 0.133 e. The molecule has 0 aromatic heterocycles. The molecule has 4 aliphatic rings. The minimum atomic E-state index is 0.320. The van der Waals surface area contributed by atoms with Crippen molar-refractivity contribution in [3.05, 3.63) is 11.6 Å². The Labute approximate surface area is 174 Å². The summed E-state index contributed by atoms with van der Waals surface area (Å²) in [6.45, 7) is 12.4. The molecule has 3 fully saturated rings. The van der Waals surface area contributed by atoms with Crippen LogP contribution in [-0.4, -0.2) is 5.78 Å². The van der Waals surface area contributed by atoms with E-state index >= 15 is 0 Å². The van der Waals surface area contributed by atoms with Crippen LogP contribution in [0.4, 0.5) is 0 Å². The first kappa shape index (κ1) is 20.7. The van der Waals surface area contributed by atoms with Crippen LogP contribution < -0.4 is 0 Å². The number of rotatable bonds is 3. The van der Waals surface area contributed by atoms with Gasteiger partial charge in [-0.05, 0) is 97.7 Å². The first-order chi connectivity index (χ1) is 13.1. The summed E-state index contributed by atoms with van der Waals surface area (Å²) in [5.41, 5.74) is 3.04. The standard InChI is InChI=1S/C27H44O/c1-25(2,3)16-6-7-19-10-13-23-22-12-9-20-8-11-21(28)14-17-26(20,4)24(22)15-18-27(19,23)5/h9,19,22-24H,6-8,10-18H2,1-5H3. The van der Waals surface area contributed by atoms with E-state index in [4.69, 9.17) is 0 Å². The van der Waals surface area contributed by atoms with Crippen LogP contribution in [0.1, 0.15) is 112 Å². The number of Topliss-reactive ketones (excluding diaryl/α,β-unsaturated/α-hetero) is 1. The summed E-state index contributed by atoms with van der Waals surface area (Å²) < 4.78 is 0. The summed E-state index contributed by atoms with van der Waals surface area (Å²) in [7, 11) is 0. The van der Waals surface area contributed by atoms with E-state index in [0.717, 1.165) is 49.4 Å². The van der Waals surface area contributed by atoms with Gasteiger partial charge in [0.25, 0.3) is 0 Å². The molecule has 0 aromatic rings. The molecule has 1 heteroatoms. The summed E-state index contributed by atoms with van der Waals surface area (Å²) in [5.74, 6) is 4.11. The monoisotopic (exact) mass is 384 g/mol. The van der Waals surface area contributed by atoms with Gasteiger partial charge in [0.15, 0.2) is 0 Å². The van der Waals surface area contributed by atoms with Gasteiger partial charge < -0.3 is 0 Å². The van der Waals surface area contributed by atoms with E-state index in [1.165, 1.54) is 51.4 Å². The lowest BCUT2D eigenvalue weighted by atomic mass is 9.48. The molecular weight excluding hydrogens is 340 g/mol. The van der Waals surface area contributed by atoms with E-state index in [9.17, 15) is 4.79 Å². The van der Waals surface area contributed by atoms with E-state index < -0.39 is 0 Å². The lowest BCUT2D eigenvalue weighted by Gasteiger charge is -2.56. The fourth-order valence-corrected chi connectivity index (χ4v) is 8.15. The van der Waals surface area contributed by atoms with E-state index in [1.54, 1.807) is 5.57 Å².